The van der Waals surface area contributed by atoms with Gasteiger partial charge >= 0.3 is 0 Å². The topological polar surface area (TPSA) is 47.7 Å². The van der Waals surface area contributed by atoms with Gasteiger partial charge in [-0.05, 0) is 19.5 Å². The molecule has 0 radical (unpaired) electrons. The molecular weight excluding hydrogens is 180 g/mol. The summed E-state index contributed by atoms with van der Waals surface area (Å²) in [6.45, 7) is 6.85. The van der Waals surface area contributed by atoms with Crippen molar-refractivity contribution in [3.63, 3.8) is 0 Å². The molecular formula is C10H20N2O2. The van der Waals surface area contributed by atoms with Crippen LogP contribution >= 0.6 is 0 Å². The first-order chi connectivity index (χ1) is 6.83. The van der Waals surface area contributed by atoms with E-state index >= 15 is 0 Å². The van der Waals surface area contributed by atoms with E-state index in [-0.39, 0.29) is 12.4 Å². The summed E-state index contributed by atoms with van der Waals surface area (Å²) in [5.41, 5.74) is 5.53. The molecule has 3 unspecified atom stereocenters. The van der Waals surface area contributed by atoms with Gasteiger partial charge in [0.2, 0.25) is 0 Å². The van der Waals surface area contributed by atoms with Gasteiger partial charge in [0.25, 0.3) is 0 Å². The fourth-order valence-electron chi connectivity index (χ4n) is 2.21. The molecule has 0 aliphatic carbocycles. The molecule has 0 aromatic carbocycles. The lowest BCUT2D eigenvalue weighted by Gasteiger charge is -2.18. The average Bonchev–Trinajstić information content (AvgIpc) is 2.86. The van der Waals surface area contributed by atoms with Crippen LogP contribution in [0.15, 0.2) is 0 Å². The van der Waals surface area contributed by atoms with E-state index in [9.17, 15) is 0 Å². The third-order valence-electron chi connectivity index (χ3n) is 3.18. The van der Waals surface area contributed by atoms with Crippen LogP contribution in [0.2, 0.25) is 0 Å². The van der Waals surface area contributed by atoms with E-state index < -0.39 is 0 Å². The van der Waals surface area contributed by atoms with Gasteiger partial charge in [-0.1, -0.05) is 6.92 Å². The number of hydrogen-bond acceptors (Lipinski definition) is 4. The van der Waals surface area contributed by atoms with Gasteiger partial charge in [0.05, 0.1) is 12.7 Å². The Kier molecular flexibility index (Phi) is 3.38. The van der Waals surface area contributed by atoms with Gasteiger partial charge in [0.1, 0.15) is 0 Å². The summed E-state index contributed by atoms with van der Waals surface area (Å²) in [6.07, 6.45) is 1.31. The Morgan fingerprint density at radius 2 is 2.36 bits per heavy atom. The summed E-state index contributed by atoms with van der Waals surface area (Å²) < 4.78 is 11.3. The van der Waals surface area contributed by atoms with Gasteiger partial charge < -0.3 is 20.1 Å². The van der Waals surface area contributed by atoms with Crippen LogP contribution in [0.5, 0.6) is 0 Å². The predicted octanol–water partition coefficient (Wildman–Crippen LogP) is 0.0284. The highest BCUT2D eigenvalue weighted by molar-refractivity contribution is 4.80. The van der Waals surface area contributed by atoms with E-state index in [0.717, 1.165) is 13.1 Å². The van der Waals surface area contributed by atoms with Gasteiger partial charge in [0, 0.05) is 19.0 Å². The average molecular weight is 200 g/mol. The lowest BCUT2D eigenvalue weighted by molar-refractivity contribution is -0.0918. The number of rotatable bonds is 3. The maximum Gasteiger partial charge on any atom is 0.162 e. The second kappa shape index (κ2) is 4.57. The summed E-state index contributed by atoms with van der Waals surface area (Å²) >= 11 is 0. The lowest BCUT2D eigenvalue weighted by atomic mass is 10.1. The number of nitrogens with two attached hydrogens (primary N) is 1. The summed E-state index contributed by atoms with van der Waals surface area (Å²) in [5.74, 6) is 0.548. The number of nitrogens with zero attached hydrogens (tertiary/aromatic N) is 1. The fourth-order valence-corrected chi connectivity index (χ4v) is 2.21. The third kappa shape index (κ3) is 2.08. The zero-order chi connectivity index (χ0) is 9.97. The predicted molar refractivity (Wildman–Crippen MR) is 53.9 cm³/mol. The number of hydrogen-bond donors (Lipinski definition) is 1. The minimum absolute atomic E-state index is 0.0000926. The van der Waals surface area contributed by atoms with E-state index in [2.05, 4.69) is 11.8 Å². The van der Waals surface area contributed by atoms with E-state index in [0.29, 0.717) is 19.1 Å². The first-order valence-electron chi connectivity index (χ1n) is 5.53. The zero-order valence-corrected chi connectivity index (χ0v) is 8.82. The SMILES string of the molecule is CCN1CCC(C2OCC(CN)O2)C1. The summed E-state index contributed by atoms with van der Waals surface area (Å²) in [7, 11) is 0. The molecule has 14 heavy (non-hydrogen) atoms. The highest BCUT2D eigenvalue weighted by Gasteiger charge is 2.35. The first kappa shape index (κ1) is 10.4. The van der Waals surface area contributed by atoms with Crippen molar-refractivity contribution in [3.8, 4) is 0 Å². The van der Waals surface area contributed by atoms with Crippen molar-refractivity contribution in [1.29, 1.82) is 0 Å². The molecule has 4 nitrogen and oxygen atoms in total. The van der Waals surface area contributed by atoms with Gasteiger partial charge in [0.15, 0.2) is 6.29 Å². The summed E-state index contributed by atoms with van der Waals surface area (Å²) in [4.78, 5) is 2.44. The Bertz CT molecular complexity index is 169. The molecule has 2 N–H and O–H groups in total. The van der Waals surface area contributed by atoms with Crippen LogP contribution < -0.4 is 5.73 Å². The van der Waals surface area contributed by atoms with Crippen molar-refractivity contribution in [2.45, 2.75) is 25.7 Å². The second-order valence-electron chi connectivity index (χ2n) is 4.14. The Labute approximate surface area is 85.3 Å². The van der Waals surface area contributed by atoms with Crippen molar-refractivity contribution in [1.82, 2.24) is 4.90 Å². The first-order valence-corrected chi connectivity index (χ1v) is 5.53. The van der Waals surface area contributed by atoms with Crippen molar-refractivity contribution in [2.75, 3.05) is 32.8 Å². The van der Waals surface area contributed by atoms with Crippen LogP contribution in [-0.4, -0.2) is 50.1 Å². The van der Waals surface area contributed by atoms with Gasteiger partial charge in [-0.3, -0.25) is 0 Å². The Hall–Kier alpha value is -0.160. The molecule has 2 aliphatic heterocycles. The van der Waals surface area contributed by atoms with Crippen molar-refractivity contribution < 1.29 is 9.47 Å². The molecule has 0 saturated carbocycles. The molecule has 2 saturated heterocycles. The minimum Gasteiger partial charge on any atom is -0.350 e. The highest BCUT2D eigenvalue weighted by atomic mass is 16.7. The molecule has 0 amide bonds. The molecule has 2 rings (SSSR count). The van der Waals surface area contributed by atoms with E-state index in [4.69, 9.17) is 15.2 Å². The third-order valence-corrected chi connectivity index (χ3v) is 3.18. The second-order valence-corrected chi connectivity index (χ2v) is 4.14. The number of likely N-dealkylation sites (tertiary alicyclic amines) is 1. The van der Waals surface area contributed by atoms with Crippen LogP contribution in [0.4, 0.5) is 0 Å². The Balaban J connectivity index is 1.80. The fraction of sp³-hybridized carbons (Fsp3) is 1.00. The Morgan fingerprint density at radius 3 is 2.93 bits per heavy atom. The summed E-state index contributed by atoms with van der Waals surface area (Å²) in [5, 5.41) is 0. The Morgan fingerprint density at radius 1 is 1.50 bits per heavy atom. The smallest absolute Gasteiger partial charge is 0.162 e. The van der Waals surface area contributed by atoms with Crippen molar-refractivity contribution >= 4 is 0 Å². The summed E-state index contributed by atoms with van der Waals surface area (Å²) in [6, 6.07) is 0. The minimum atomic E-state index is 0.0000926. The standard InChI is InChI=1S/C10H20N2O2/c1-2-12-4-3-8(6-12)10-13-7-9(5-11)14-10/h8-10H,2-7,11H2,1H3. The molecule has 2 fully saturated rings. The molecule has 3 atom stereocenters. The number of ether oxygens (including phenoxy) is 2. The van der Waals surface area contributed by atoms with E-state index in [1.807, 2.05) is 0 Å². The van der Waals surface area contributed by atoms with Crippen LogP contribution in [-0.2, 0) is 9.47 Å². The zero-order valence-electron chi connectivity index (χ0n) is 8.82. The molecule has 4 heteroatoms. The van der Waals surface area contributed by atoms with Gasteiger partial charge in [-0.25, -0.2) is 0 Å². The van der Waals surface area contributed by atoms with Crippen LogP contribution in [0.3, 0.4) is 0 Å². The van der Waals surface area contributed by atoms with Crippen LogP contribution in [0, 0.1) is 5.92 Å². The molecule has 0 aromatic rings. The largest absolute Gasteiger partial charge is 0.350 e. The van der Waals surface area contributed by atoms with Crippen molar-refractivity contribution in [3.05, 3.63) is 0 Å². The maximum atomic E-state index is 5.71. The molecule has 2 heterocycles. The molecule has 0 aromatic heterocycles. The van der Waals surface area contributed by atoms with Crippen LogP contribution in [0.25, 0.3) is 0 Å². The molecule has 0 spiro atoms. The normalized spacial score (nSPS) is 39.4. The molecule has 82 valence electrons. The van der Waals surface area contributed by atoms with Crippen molar-refractivity contribution in [2.24, 2.45) is 11.7 Å². The van der Waals surface area contributed by atoms with E-state index in [1.54, 1.807) is 0 Å². The lowest BCUT2D eigenvalue weighted by Crippen LogP contribution is -2.28. The quantitative estimate of drug-likeness (QED) is 0.698. The maximum absolute atomic E-state index is 5.71. The monoisotopic (exact) mass is 200 g/mol. The molecule has 0 bridgehead atoms. The van der Waals surface area contributed by atoms with E-state index in [1.165, 1.54) is 13.0 Å². The van der Waals surface area contributed by atoms with Gasteiger partial charge in [-0.2, -0.15) is 0 Å². The highest BCUT2D eigenvalue weighted by Crippen LogP contribution is 2.26. The molecule has 2 aliphatic rings. The van der Waals surface area contributed by atoms with Gasteiger partial charge in [-0.15, -0.1) is 0 Å². The van der Waals surface area contributed by atoms with Crippen LogP contribution in [0.1, 0.15) is 13.3 Å².